The number of nitrogens with zero attached hydrogens (tertiary/aromatic N) is 3. The molecule has 4 heteroatoms. The summed E-state index contributed by atoms with van der Waals surface area (Å²) < 4.78 is 0. The molecule has 0 saturated heterocycles. The Morgan fingerprint density at radius 2 is 1.73 bits per heavy atom. The summed E-state index contributed by atoms with van der Waals surface area (Å²) in [6, 6.07) is 16.7. The molecule has 1 fully saturated rings. The molecule has 3 aromatic rings. The van der Waals surface area contributed by atoms with E-state index in [-0.39, 0.29) is 0 Å². The number of aromatic nitrogens is 3. The average Bonchev–Trinajstić information content (AvgIpc) is 3.40. The van der Waals surface area contributed by atoms with Crippen LogP contribution in [0.3, 0.4) is 0 Å². The van der Waals surface area contributed by atoms with Gasteiger partial charge in [0.1, 0.15) is 5.82 Å². The highest BCUT2D eigenvalue weighted by molar-refractivity contribution is 5.67. The summed E-state index contributed by atoms with van der Waals surface area (Å²) in [5, 5.41) is 3.46. The van der Waals surface area contributed by atoms with E-state index in [2.05, 4.69) is 27.4 Å². The van der Waals surface area contributed by atoms with Crippen molar-refractivity contribution in [3.63, 3.8) is 0 Å². The van der Waals surface area contributed by atoms with Crippen molar-refractivity contribution in [2.45, 2.75) is 18.9 Å². The van der Waals surface area contributed by atoms with E-state index in [0.717, 1.165) is 22.6 Å². The van der Waals surface area contributed by atoms with Crippen molar-refractivity contribution in [1.82, 2.24) is 15.0 Å². The number of hydrogen-bond donors (Lipinski definition) is 1. The standard InChI is InChI=1S/C18H16N4/c1-2-5-13(6-3-1)16-11-17(20-15-8-9-15)22-18(21-16)14-7-4-10-19-12-14/h1-7,10-12,15H,8-9H2,(H,20,21,22). The Kier molecular flexibility index (Phi) is 3.27. The lowest BCUT2D eigenvalue weighted by molar-refractivity contribution is 1.09. The average molecular weight is 288 g/mol. The highest BCUT2D eigenvalue weighted by atomic mass is 15.1. The number of pyridine rings is 1. The van der Waals surface area contributed by atoms with Gasteiger partial charge in [0.2, 0.25) is 0 Å². The molecule has 1 aromatic carbocycles. The lowest BCUT2D eigenvalue weighted by atomic mass is 10.1. The van der Waals surface area contributed by atoms with Gasteiger partial charge < -0.3 is 5.32 Å². The minimum absolute atomic E-state index is 0.556. The van der Waals surface area contributed by atoms with Crippen LogP contribution >= 0.6 is 0 Å². The largest absolute Gasteiger partial charge is 0.367 e. The van der Waals surface area contributed by atoms with Crippen LogP contribution in [0.2, 0.25) is 0 Å². The zero-order valence-electron chi connectivity index (χ0n) is 12.1. The predicted octanol–water partition coefficient (Wildman–Crippen LogP) is 3.78. The third-order valence-electron chi connectivity index (χ3n) is 3.64. The lowest BCUT2D eigenvalue weighted by Gasteiger charge is -2.09. The van der Waals surface area contributed by atoms with Gasteiger partial charge in [-0.05, 0) is 25.0 Å². The minimum atomic E-state index is 0.556. The Morgan fingerprint density at radius 1 is 0.909 bits per heavy atom. The molecule has 0 aliphatic heterocycles. The summed E-state index contributed by atoms with van der Waals surface area (Å²) in [4.78, 5) is 13.5. The summed E-state index contributed by atoms with van der Waals surface area (Å²) in [6.45, 7) is 0. The van der Waals surface area contributed by atoms with Crippen LogP contribution in [0.1, 0.15) is 12.8 Å². The molecule has 0 spiro atoms. The molecule has 1 saturated carbocycles. The highest BCUT2D eigenvalue weighted by Crippen LogP contribution is 2.28. The maximum absolute atomic E-state index is 4.71. The molecular formula is C18H16N4. The van der Waals surface area contributed by atoms with E-state index in [9.17, 15) is 0 Å². The number of benzene rings is 1. The second-order valence-electron chi connectivity index (χ2n) is 5.49. The fraction of sp³-hybridized carbons (Fsp3) is 0.167. The molecule has 4 nitrogen and oxygen atoms in total. The van der Waals surface area contributed by atoms with Crippen molar-refractivity contribution in [1.29, 1.82) is 0 Å². The normalized spacial score (nSPS) is 13.8. The summed E-state index contributed by atoms with van der Waals surface area (Å²) in [7, 11) is 0. The summed E-state index contributed by atoms with van der Waals surface area (Å²) in [5.41, 5.74) is 2.95. The van der Waals surface area contributed by atoms with Gasteiger partial charge in [0.15, 0.2) is 5.82 Å². The molecule has 4 rings (SSSR count). The van der Waals surface area contributed by atoms with Crippen LogP contribution in [-0.4, -0.2) is 21.0 Å². The van der Waals surface area contributed by atoms with Gasteiger partial charge in [-0.2, -0.15) is 0 Å². The summed E-state index contributed by atoms with van der Waals surface area (Å²) >= 11 is 0. The Bertz CT molecular complexity index is 710. The first-order chi connectivity index (χ1) is 10.9. The molecule has 1 aliphatic rings. The highest BCUT2D eigenvalue weighted by Gasteiger charge is 2.22. The van der Waals surface area contributed by atoms with Gasteiger partial charge in [0, 0.05) is 35.6 Å². The van der Waals surface area contributed by atoms with Crippen LogP contribution < -0.4 is 5.32 Å². The molecule has 2 heterocycles. The second-order valence-corrected chi connectivity index (χ2v) is 5.49. The minimum Gasteiger partial charge on any atom is -0.367 e. The first-order valence-corrected chi connectivity index (χ1v) is 7.50. The molecule has 0 amide bonds. The molecule has 1 N–H and O–H groups in total. The van der Waals surface area contributed by atoms with Crippen LogP contribution in [0.15, 0.2) is 60.9 Å². The summed E-state index contributed by atoms with van der Waals surface area (Å²) in [6.07, 6.45) is 5.98. The van der Waals surface area contributed by atoms with Crippen LogP contribution in [-0.2, 0) is 0 Å². The van der Waals surface area contributed by atoms with E-state index < -0.39 is 0 Å². The first kappa shape index (κ1) is 13.0. The third kappa shape index (κ3) is 2.81. The van der Waals surface area contributed by atoms with E-state index in [4.69, 9.17) is 4.98 Å². The molecular weight excluding hydrogens is 272 g/mol. The summed E-state index contributed by atoms with van der Waals surface area (Å²) in [5.74, 6) is 1.59. The van der Waals surface area contributed by atoms with E-state index >= 15 is 0 Å². The van der Waals surface area contributed by atoms with Crippen molar-refractivity contribution < 1.29 is 0 Å². The Labute approximate surface area is 129 Å². The van der Waals surface area contributed by atoms with Crippen LogP contribution in [0, 0.1) is 0 Å². The van der Waals surface area contributed by atoms with Crippen molar-refractivity contribution in [3.8, 4) is 22.6 Å². The van der Waals surface area contributed by atoms with Crippen molar-refractivity contribution >= 4 is 5.82 Å². The molecule has 0 atom stereocenters. The third-order valence-corrected chi connectivity index (χ3v) is 3.64. The van der Waals surface area contributed by atoms with E-state index in [1.165, 1.54) is 12.8 Å². The zero-order valence-corrected chi connectivity index (χ0v) is 12.1. The van der Waals surface area contributed by atoms with Gasteiger partial charge in [-0.1, -0.05) is 30.3 Å². The van der Waals surface area contributed by atoms with Crippen molar-refractivity contribution in [3.05, 3.63) is 60.9 Å². The predicted molar refractivity (Wildman–Crippen MR) is 87.3 cm³/mol. The van der Waals surface area contributed by atoms with E-state index in [0.29, 0.717) is 11.9 Å². The van der Waals surface area contributed by atoms with Gasteiger partial charge in [0.25, 0.3) is 0 Å². The number of anilines is 1. The van der Waals surface area contributed by atoms with Gasteiger partial charge in [0.05, 0.1) is 5.69 Å². The second kappa shape index (κ2) is 5.56. The van der Waals surface area contributed by atoms with Crippen LogP contribution in [0.25, 0.3) is 22.6 Å². The van der Waals surface area contributed by atoms with Gasteiger partial charge in [-0.3, -0.25) is 4.98 Å². The molecule has 0 unspecified atom stereocenters. The molecule has 22 heavy (non-hydrogen) atoms. The Hall–Kier alpha value is -2.75. The SMILES string of the molecule is c1ccc(-c2cc(NC3CC3)nc(-c3cccnc3)n2)cc1. The van der Waals surface area contributed by atoms with Crippen molar-refractivity contribution in [2.24, 2.45) is 0 Å². The fourth-order valence-electron chi connectivity index (χ4n) is 2.34. The smallest absolute Gasteiger partial charge is 0.163 e. The molecule has 0 bridgehead atoms. The van der Waals surface area contributed by atoms with Gasteiger partial charge in [-0.15, -0.1) is 0 Å². The van der Waals surface area contributed by atoms with E-state index in [1.807, 2.05) is 36.4 Å². The number of rotatable bonds is 4. The van der Waals surface area contributed by atoms with E-state index in [1.54, 1.807) is 12.4 Å². The molecule has 2 aromatic heterocycles. The van der Waals surface area contributed by atoms with Crippen LogP contribution in [0.5, 0.6) is 0 Å². The van der Waals surface area contributed by atoms with Gasteiger partial charge >= 0.3 is 0 Å². The van der Waals surface area contributed by atoms with Gasteiger partial charge in [-0.25, -0.2) is 9.97 Å². The zero-order chi connectivity index (χ0) is 14.8. The first-order valence-electron chi connectivity index (χ1n) is 7.50. The molecule has 1 aliphatic carbocycles. The Balaban J connectivity index is 1.80. The molecule has 0 radical (unpaired) electrons. The monoisotopic (exact) mass is 288 g/mol. The number of hydrogen-bond acceptors (Lipinski definition) is 4. The van der Waals surface area contributed by atoms with Crippen molar-refractivity contribution in [2.75, 3.05) is 5.32 Å². The number of nitrogens with one attached hydrogen (secondary N) is 1. The van der Waals surface area contributed by atoms with Crippen LogP contribution in [0.4, 0.5) is 5.82 Å². The fourth-order valence-corrected chi connectivity index (χ4v) is 2.34. The maximum atomic E-state index is 4.71. The quantitative estimate of drug-likeness (QED) is 0.793. The maximum Gasteiger partial charge on any atom is 0.163 e. The topological polar surface area (TPSA) is 50.7 Å². The Morgan fingerprint density at radius 3 is 2.45 bits per heavy atom. The molecule has 108 valence electrons. The lowest BCUT2D eigenvalue weighted by Crippen LogP contribution is -2.05.